The van der Waals surface area contributed by atoms with Crippen LogP contribution in [-0.2, 0) is 0 Å². The van der Waals surface area contributed by atoms with Gasteiger partial charge in [0.1, 0.15) is 0 Å². The van der Waals surface area contributed by atoms with Gasteiger partial charge in [0, 0.05) is 18.6 Å². The predicted octanol–water partition coefficient (Wildman–Crippen LogP) is 1.22. The second kappa shape index (κ2) is 5.99. The van der Waals surface area contributed by atoms with Crippen LogP contribution < -0.4 is 5.32 Å². The third kappa shape index (κ3) is 3.72. The number of nitrogens with one attached hydrogen (secondary N) is 1. The molecule has 0 aromatic carbocycles. The van der Waals surface area contributed by atoms with Gasteiger partial charge in [-0.15, -0.1) is 0 Å². The molecule has 2 fully saturated rings. The number of hydrogen-bond acceptors (Lipinski definition) is 3. The first-order valence-corrected chi connectivity index (χ1v) is 6.91. The van der Waals surface area contributed by atoms with Crippen LogP contribution in [-0.4, -0.2) is 48.3 Å². The molecule has 1 atom stereocenters. The quantitative estimate of drug-likeness (QED) is 0.715. The summed E-state index contributed by atoms with van der Waals surface area (Å²) >= 11 is 0. The number of piperidine rings is 1. The lowest BCUT2D eigenvalue weighted by Crippen LogP contribution is -2.47. The Kier molecular flexibility index (Phi) is 4.62. The molecule has 2 aliphatic rings. The fourth-order valence-corrected chi connectivity index (χ4v) is 2.58. The molecule has 1 saturated carbocycles. The monoisotopic (exact) mass is 226 g/mol. The highest BCUT2D eigenvalue weighted by Gasteiger charge is 2.27. The Morgan fingerprint density at radius 3 is 2.44 bits per heavy atom. The van der Waals surface area contributed by atoms with Crippen molar-refractivity contribution in [3.8, 4) is 0 Å². The Morgan fingerprint density at radius 2 is 1.94 bits per heavy atom. The first-order valence-electron chi connectivity index (χ1n) is 6.91. The highest BCUT2D eigenvalue weighted by atomic mass is 16.3. The minimum Gasteiger partial charge on any atom is -0.395 e. The van der Waals surface area contributed by atoms with E-state index in [0.717, 1.165) is 12.3 Å². The van der Waals surface area contributed by atoms with Crippen LogP contribution in [0.2, 0.25) is 0 Å². The van der Waals surface area contributed by atoms with Crippen molar-refractivity contribution in [2.45, 2.75) is 51.1 Å². The van der Waals surface area contributed by atoms with E-state index in [-0.39, 0.29) is 6.61 Å². The highest BCUT2D eigenvalue weighted by molar-refractivity contribution is 4.83. The van der Waals surface area contributed by atoms with Crippen LogP contribution in [0.4, 0.5) is 0 Å². The van der Waals surface area contributed by atoms with Crippen molar-refractivity contribution < 1.29 is 5.11 Å². The topological polar surface area (TPSA) is 35.5 Å². The van der Waals surface area contributed by atoms with Gasteiger partial charge in [-0.25, -0.2) is 0 Å². The lowest BCUT2D eigenvalue weighted by Gasteiger charge is -2.34. The maximum Gasteiger partial charge on any atom is 0.0584 e. The molecule has 1 heterocycles. The number of likely N-dealkylation sites (tertiary alicyclic amines) is 1. The van der Waals surface area contributed by atoms with E-state index < -0.39 is 0 Å². The van der Waals surface area contributed by atoms with Crippen molar-refractivity contribution in [2.75, 3.05) is 26.2 Å². The number of aliphatic hydroxyl groups excluding tert-OH is 1. The molecule has 0 spiro atoms. The Bertz CT molecular complexity index is 194. The van der Waals surface area contributed by atoms with Crippen LogP contribution >= 0.6 is 0 Å². The fourth-order valence-electron chi connectivity index (χ4n) is 2.58. The molecular formula is C13H26N2O. The lowest BCUT2D eigenvalue weighted by atomic mass is 10.0. The summed E-state index contributed by atoms with van der Waals surface area (Å²) in [5, 5.41) is 12.7. The Balaban J connectivity index is 1.63. The molecule has 3 nitrogen and oxygen atoms in total. The van der Waals surface area contributed by atoms with Gasteiger partial charge in [-0.1, -0.05) is 6.92 Å². The molecule has 0 radical (unpaired) electrons. The zero-order chi connectivity index (χ0) is 11.4. The molecule has 0 amide bonds. The van der Waals surface area contributed by atoms with Crippen LogP contribution in [0.5, 0.6) is 0 Å². The molecule has 0 unspecified atom stereocenters. The van der Waals surface area contributed by atoms with Gasteiger partial charge in [0.2, 0.25) is 0 Å². The van der Waals surface area contributed by atoms with Gasteiger partial charge in [-0.3, -0.25) is 0 Å². The second-order valence-electron chi connectivity index (χ2n) is 5.47. The average Bonchev–Trinajstić information content (AvgIpc) is 3.12. The van der Waals surface area contributed by atoms with E-state index in [9.17, 15) is 0 Å². The van der Waals surface area contributed by atoms with E-state index in [1.165, 1.54) is 45.3 Å². The molecule has 94 valence electrons. The van der Waals surface area contributed by atoms with Crippen LogP contribution in [0.3, 0.4) is 0 Å². The summed E-state index contributed by atoms with van der Waals surface area (Å²) in [6.07, 6.45) is 6.45. The molecule has 16 heavy (non-hydrogen) atoms. The molecule has 0 aromatic rings. The van der Waals surface area contributed by atoms with E-state index in [4.69, 9.17) is 5.11 Å². The van der Waals surface area contributed by atoms with E-state index in [0.29, 0.717) is 12.1 Å². The third-order valence-electron chi connectivity index (χ3n) is 3.99. The maximum atomic E-state index is 9.16. The molecule has 1 aliphatic heterocycles. The van der Waals surface area contributed by atoms with Crippen LogP contribution in [0.1, 0.15) is 39.0 Å². The second-order valence-corrected chi connectivity index (χ2v) is 5.47. The van der Waals surface area contributed by atoms with E-state index in [1.807, 2.05) is 0 Å². The number of nitrogens with zero attached hydrogens (tertiary/aromatic N) is 1. The predicted molar refractivity (Wildman–Crippen MR) is 66.5 cm³/mol. The zero-order valence-corrected chi connectivity index (χ0v) is 10.5. The third-order valence-corrected chi connectivity index (χ3v) is 3.99. The van der Waals surface area contributed by atoms with Gasteiger partial charge in [-0.2, -0.15) is 0 Å². The van der Waals surface area contributed by atoms with Crippen molar-refractivity contribution in [3.63, 3.8) is 0 Å². The van der Waals surface area contributed by atoms with Gasteiger partial charge in [0.05, 0.1) is 6.61 Å². The van der Waals surface area contributed by atoms with Gasteiger partial charge < -0.3 is 15.3 Å². The lowest BCUT2D eigenvalue weighted by molar-refractivity contribution is 0.166. The van der Waals surface area contributed by atoms with Crippen LogP contribution in [0.25, 0.3) is 0 Å². The zero-order valence-electron chi connectivity index (χ0n) is 10.5. The van der Waals surface area contributed by atoms with Crippen LogP contribution in [0.15, 0.2) is 0 Å². The molecule has 3 heteroatoms. The van der Waals surface area contributed by atoms with Crippen molar-refractivity contribution in [3.05, 3.63) is 0 Å². The van der Waals surface area contributed by atoms with Crippen molar-refractivity contribution in [1.82, 2.24) is 10.2 Å². The molecule has 0 aromatic heterocycles. The molecule has 1 aliphatic carbocycles. The molecule has 2 rings (SSSR count). The van der Waals surface area contributed by atoms with E-state index in [1.54, 1.807) is 0 Å². The van der Waals surface area contributed by atoms with Crippen molar-refractivity contribution in [1.29, 1.82) is 0 Å². The molecule has 2 N–H and O–H groups in total. The minimum atomic E-state index is 0.277. The maximum absolute atomic E-state index is 9.16. The molecule has 0 bridgehead atoms. The summed E-state index contributed by atoms with van der Waals surface area (Å²) in [5.74, 6) is 1.02. The smallest absolute Gasteiger partial charge is 0.0584 e. The van der Waals surface area contributed by atoms with Crippen molar-refractivity contribution >= 4 is 0 Å². The number of rotatable bonds is 6. The van der Waals surface area contributed by atoms with E-state index in [2.05, 4.69) is 17.1 Å². The summed E-state index contributed by atoms with van der Waals surface area (Å²) < 4.78 is 0. The van der Waals surface area contributed by atoms with Crippen LogP contribution in [0, 0.1) is 5.92 Å². The van der Waals surface area contributed by atoms with Gasteiger partial charge in [-0.05, 0) is 51.1 Å². The van der Waals surface area contributed by atoms with Crippen molar-refractivity contribution in [2.24, 2.45) is 5.92 Å². The first kappa shape index (κ1) is 12.3. The summed E-state index contributed by atoms with van der Waals surface area (Å²) in [6.45, 7) is 6.24. The average molecular weight is 226 g/mol. The standard InChI is InChI=1S/C13H26N2O/c1-2-12(10-16)14-13-5-7-15(8-6-13)9-11-3-4-11/h11-14,16H,2-10H2,1H3/t12-/m1/s1. The Morgan fingerprint density at radius 1 is 1.25 bits per heavy atom. The van der Waals surface area contributed by atoms with E-state index >= 15 is 0 Å². The Labute approximate surface area is 99.2 Å². The minimum absolute atomic E-state index is 0.277. The summed E-state index contributed by atoms with van der Waals surface area (Å²) in [4.78, 5) is 2.62. The largest absolute Gasteiger partial charge is 0.395 e. The first-order chi connectivity index (χ1) is 7.81. The normalized spacial score (nSPS) is 25.9. The van der Waals surface area contributed by atoms with Gasteiger partial charge in [0.25, 0.3) is 0 Å². The Hall–Kier alpha value is -0.120. The summed E-state index contributed by atoms with van der Waals surface area (Å²) in [6, 6.07) is 0.938. The van der Waals surface area contributed by atoms with Gasteiger partial charge in [0.15, 0.2) is 0 Å². The fraction of sp³-hybridized carbons (Fsp3) is 1.00. The molecular weight excluding hydrogens is 200 g/mol. The van der Waals surface area contributed by atoms with Gasteiger partial charge >= 0.3 is 0 Å². The summed E-state index contributed by atoms with van der Waals surface area (Å²) in [5.41, 5.74) is 0. The summed E-state index contributed by atoms with van der Waals surface area (Å²) in [7, 11) is 0. The SMILES string of the molecule is CC[C@H](CO)NC1CCN(CC2CC2)CC1. The highest BCUT2D eigenvalue weighted by Crippen LogP contribution is 2.30. The molecule has 1 saturated heterocycles. The number of aliphatic hydroxyl groups is 1. The number of hydrogen-bond donors (Lipinski definition) is 2.